The molecule has 1 amide bonds. The van der Waals surface area contributed by atoms with Crippen molar-refractivity contribution in [2.75, 3.05) is 6.54 Å². The molecule has 24 heavy (non-hydrogen) atoms. The SMILES string of the molecule is C[C@@H](C(=O)NC[C@@H]1c2ccccc2-c2cncn21)C1CCCCC1. The van der Waals surface area contributed by atoms with Gasteiger partial charge in [0.15, 0.2) is 0 Å². The number of nitrogens with one attached hydrogen (secondary N) is 1. The minimum Gasteiger partial charge on any atom is -0.353 e. The number of nitrogens with zero attached hydrogens (tertiary/aromatic N) is 2. The van der Waals surface area contributed by atoms with E-state index in [2.05, 4.69) is 46.1 Å². The number of carbonyl (C=O) groups is 1. The second-order valence-corrected chi connectivity index (χ2v) is 7.22. The van der Waals surface area contributed by atoms with E-state index in [0.29, 0.717) is 12.5 Å². The maximum Gasteiger partial charge on any atom is 0.223 e. The molecule has 1 N–H and O–H groups in total. The van der Waals surface area contributed by atoms with Gasteiger partial charge in [0.25, 0.3) is 0 Å². The van der Waals surface area contributed by atoms with Gasteiger partial charge in [0.1, 0.15) is 0 Å². The summed E-state index contributed by atoms with van der Waals surface area (Å²) in [6.45, 7) is 2.73. The van der Waals surface area contributed by atoms with E-state index < -0.39 is 0 Å². The monoisotopic (exact) mass is 323 g/mol. The van der Waals surface area contributed by atoms with Gasteiger partial charge in [0.2, 0.25) is 5.91 Å². The lowest BCUT2D eigenvalue weighted by atomic mass is 9.80. The van der Waals surface area contributed by atoms with E-state index in [1.54, 1.807) is 0 Å². The Hall–Kier alpha value is -2.10. The summed E-state index contributed by atoms with van der Waals surface area (Å²) in [4.78, 5) is 16.9. The predicted octanol–water partition coefficient (Wildman–Crippen LogP) is 3.79. The Morgan fingerprint density at radius 1 is 1.29 bits per heavy atom. The normalized spacial score (nSPS) is 21.1. The van der Waals surface area contributed by atoms with Gasteiger partial charge in [-0.3, -0.25) is 4.79 Å². The molecule has 0 radical (unpaired) electrons. The van der Waals surface area contributed by atoms with Crippen LogP contribution < -0.4 is 5.32 Å². The first-order chi connectivity index (χ1) is 11.8. The number of benzene rings is 1. The molecular weight excluding hydrogens is 298 g/mol. The van der Waals surface area contributed by atoms with Gasteiger partial charge in [-0.15, -0.1) is 0 Å². The zero-order chi connectivity index (χ0) is 16.5. The van der Waals surface area contributed by atoms with Gasteiger partial charge in [0.05, 0.1) is 24.3 Å². The zero-order valence-electron chi connectivity index (χ0n) is 14.2. The molecule has 4 rings (SSSR count). The second kappa shape index (κ2) is 6.42. The van der Waals surface area contributed by atoms with E-state index in [9.17, 15) is 4.79 Å². The quantitative estimate of drug-likeness (QED) is 0.930. The van der Waals surface area contributed by atoms with Crippen molar-refractivity contribution in [3.63, 3.8) is 0 Å². The summed E-state index contributed by atoms with van der Waals surface area (Å²) in [5.41, 5.74) is 3.65. The Morgan fingerprint density at radius 2 is 2.08 bits per heavy atom. The third-order valence-corrected chi connectivity index (χ3v) is 5.84. The number of imidazole rings is 1. The highest BCUT2D eigenvalue weighted by atomic mass is 16.1. The average molecular weight is 323 g/mol. The lowest BCUT2D eigenvalue weighted by molar-refractivity contribution is -0.126. The van der Waals surface area contributed by atoms with Crippen molar-refractivity contribution in [1.82, 2.24) is 14.9 Å². The topological polar surface area (TPSA) is 46.9 Å². The Bertz CT molecular complexity index is 730. The van der Waals surface area contributed by atoms with Gasteiger partial charge >= 0.3 is 0 Å². The summed E-state index contributed by atoms with van der Waals surface area (Å²) in [5.74, 6) is 0.871. The highest BCUT2D eigenvalue weighted by Gasteiger charge is 2.30. The molecule has 2 aliphatic rings. The van der Waals surface area contributed by atoms with Crippen LogP contribution in [0.1, 0.15) is 50.6 Å². The molecule has 0 spiro atoms. The smallest absolute Gasteiger partial charge is 0.223 e. The van der Waals surface area contributed by atoms with Gasteiger partial charge in [-0.25, -0.2) is 4.98 Å². The molecule has 1 aromatic heterocycles. The van der Waals surface area contributed by atoms with Gasteiger partial charge in [0, 0.05) is 18.0 Å². The van der Waals surface area contributed by atoms with Crippen molar-refractivity contribution >= 4 is 5.91 Å². The molecule has 4 nitrogen and oxygen atoms in total. The molecular formula is C20H25N3O. The third kappa shape index (κ3) is 2.64. The van der Waals surface area contributed by atoms with Crippen LogP contribution in [0.15, 0.2) is 36.8 Å². The number of aromatic nitrogens is 2. The summed E-state index contributed by atoms with van der Waals surface area (Å²) >= 11 is 0. The van der Waals surface area contributed by atoms with Crippen LogP contribution in [0.25, 0.3) is 11.3 Å². The van der Waals surface area contributed by atoms with Crippen LogP contribution in [0.2, 0.25) is 0 Å². The van der Waals surface area contributed by atoms with Crippen LogP contribution >= 0.6 is 0 Å². The highest BCUT2D eigenvalue weighted by molar-refractivity contribution is 5.79. The van der Waals surface area contributed by atoms with Crippen LogP contribution in [0.4, 0.5) is 0 Å². The van der Waals surface area contributed by atoms with Crippen molar-refractivity contribution in [3.8, 4) is 11.3 Å². The number of fused-ring (bicyclic) bond motifs is 3. The van der Waals surface area contributed by atoms with Gasteiger partial charge in [-0.05, 0) is 24.3 Å². The summed E-state index contributed by atoms with van der Waals surface area (Å²) < 4.78 is 2.18. The maximum absolute atomic E-state index is 12.6. The molecule has 1 aromatic carbocycles. The summed E-state index contributed by atoms with van der Waals surface area (Å²) in [6.07, 6.45) is 10.1. The Balaban J connectivity index is 1.45. The molecule has 126 valence electrons. The van der Waals surface area contributed by atoms with Crippen LogP contribution in [0.3, 0.4) is 0 Å². The molecule has 1 fully saturated rings. The first-order valence-corrected chi connectivity index (χ1v) is 9.14. The summed E-state index contributed by atoms with van der Waals surface area (Å²) in [5, 5.41) is 3.21. The van der Waals surface area contributed by atoms with E-state index in [-0.39, 0.29) is 17.9 Å². The number of rotatable bonds is 4. The largest absolute Gasteiger partial charge is 0.353 e. The minimum atomic E-state index is 0.115. The van der Waals surface area contributed by atoms with Crippen LogP contribution in [0.5, 0.6) is 0 Å². The molecule has 2 aromatic rings. The van der Waals surface area contributed by atoms with Gasteiger partial charge in [-0.1, -0.05) is 50.5 Å². The molecule has 2 heterocycles. The maximum atomic E-state index is 12.6. The Kier molecular flexibility index (Phi) is 4.13. The zero-order valence-corrected chi connectivity index (χ0v) is 14.2. The molecule has 1 aliphatic carbocycles. The standard InChI is InChI=1S/C20H25N3O/c1-14(15-7-3-2-4-8-15)20(24)22-12-19-17-10-6-5-9-16(17)18-11-21-13-23(18)19/h5-6,9-11,13-15,19H,2-4,7-8,12H2,1H3,(H,22,24)/t14-,19-/m1/s1. The van der Waals surface area contributed by atoms with E-state index in [0.717, 1.165) is 5.69 Å². The molecule has 0 unspecified atom stereocenters. The van der Waals surface area contributed by atoms with Crippen molar-refractivity contribution in [3.05, 3.63) is 42.4 Å². The van der Waals surface area contributed by atoms with Crippen LogP contribution in [0, 0.1) is 11.8 Å². The molecule has 1 saturated carbocycles. The number of hydrogen-bond acceptors (Lipinski definition) is 2. The van der Waals surface area contributed by atoms with E-state index in [1.807, 2.05) is 12.5 Å². The minimum absolute atomic E-state index is 0.115. The Morgan fingerprint density at radius 3 is 2.92 bits per heavy atom. The first kappa shape index (κ1) is 15.4. The number of amides is 1. The molecule has 1 aliphatic heterocycles. The van der Waals surface area contributed by atoms with Crippen molar-refractivity contribution in [2.45, 2.75) is 45.1 Å². The summed E-state index contributed by atoms with van der Waals surface area (Å²) in [6, 6.07) is 8.57. The predicted molar refractivity (Wildman–Crippen MR) is 94.6 cm³/mol. The molecule has 2 atom stereocenters. The second-order valence-electron chi connectivity index (χ2n) is 7.22. The lowest BCUT2D eigenvalue weighted by Gasteiger charge is -2.27. The lowest BCUT2D eigenvalue weighted by Crippen LogP contribution is -2.37. The highest BCUT2D eigenvalue weighted by Crippen LogP contribution is 2.38. The first-order valence-electron chi connectivity index (χ1n) is 9.14. The Labute approximate surface area is 143 Å². The van der Waals surface area contributed by atoms with Crippen molar-refractivity contribution < 1.29 is 4.79 Å². The fourth-order valence-electron chi connectivity index (χ4n) is 4.35. The van der Waals surface area contributed by atoms with Crippen LogP contribution in [-0.2, 0) is 4.79 Å². The molecule has 0 saturated heterocycles. The van der Waals surface area contributed by atoms with Crippen molar-refractivity contribution in [2.24, 2.45) is 11.8 Å². The van der Waals surface area contributed by atoms with Gasteiger partial charge < -0.3 is 9.88 Å². The molecule has 4 heteroatoms. The third-order valence-electron chi connectivity index (χ3n) is 5.84. The van der Waals surface area contributed by atoms with E-state index in [1.165, 1.54) is 43.2 Å². The fraction of sp³-hybridized carbons (Fsp3) is 0.500. The van der Waals surface area contributed by atoms with Crippen molar-refractivity contribution in [1.29, 1.82) is 0 Å². The summed E-state index contributed by atoms with van der Waals surface area (Å²) in [7, 11) is 0. The molecule has 0 bridgehead atoms. The fourth-order valence-corrected chi connectivity index (χ4v) is 4.35. The van der Waals surface area contributed by atoms with Crippen LogP contribution in [-0.4, -0.2) is 22.0 Å². The van der Waals surface area contributed by atoms with E-state index in [4.69, 9.17) is 0 Å². The number of carbonyl (C=O) groups excluding carboxylic acids is 1. The number of hydrogen-bond donors (Lipinski definition) is 1. The van der Waals surface area contributed by atoms with Gasteiger partial charge in [-0.2, -0.15) is 0 Å². The van der Waals surface area contributed by atoms with E-state index >= 15 is 0 Å². The average Bonchev–Trinajstić information content (AvgIpc) is 3.21.